The van der Waals surface area contributed by atoms with Crippen LogP contribution in [0.3, 0.4) is 0 Å². The third-order valence-corrected chi connectivity index (χ3v) is 8.14. The molecule has 4 rings (SSSR count). The third kappa shape index (κ3) is 6.91. The molecule has 0 aliphatic carbocycles. The normalized spacial score (nSPS) is 14.4. The Hall–Kier alpha value is -2.21. The topological polar surface area (TPSA) is 43.0 Å². The lowest BCUT2D eigenvalue weighted by molar-refractivity contribution is 0.123. The molecular weight excluding hydrogens is 463 g/mol. The number of ether oxygens (including phenoxy) is 1. The van der Waals surface area contributed by atoms with Crippen LogP contribution in [-0.4, -0.2) is 26.3 Å². The molecule has 1 saturated heterocycles. The molecule has 0 spiro atoms. The zero-order chi connectivity index (χ0) is 23.8. The minimum absolute atomic E-state index is 0.386. The van der Waals surface area contributed by atoms with E-state index >= 15 is 0 Å². The minimum Gasteiger partial charge on any atom is -0.378 e. The van der Waals surface area contributed by atoms with Gasteiger partial charge in [0.25, 0.3) is 6.64 Å². The molecule has 5 nitrogen and oxygen atoms in total. The van der Waals surface area contributed by atoms with Crippen LogP contribution in [0.25, 0.3) is 0 Å². The van der Waals surface area contributed by atoms with Crippen LogP contribution in [0.15, 0.2) is 78.9 Å². The standard InChI is InChI=1S/C27H33N2O3PS/c1-22(2)25-13-14-27(29-15-17-30-18-16-29)26(19-25)28-33(34,31-20-23-9-5-3-6-10-23)32-21-24-11-7-4-8-12-24/h3-14,19,22H,15-18,20-21H2,1-2H3,(H,28,34). The summed E-state index contributed by atoms with van der Waals surface area (Å²) in [6.07, 6.45) is 0. The molecule has 1 N–H and O–H groups in total. The van der Waals surface area contributed by atoms with E-state index in [1.807, 2.05) is 60.7 Å². The average molecular weight is 497 g/mol. The summed E-state index contributed by atoms with van der Waals surface area (Å²) in [6.45, 7) is 5.40. The number of nitrogens with one attached hydrogen (secondary N) is 1. The first-order chi connectivity index (χ1) is 16.5. The molecule has 0 amide bonds. The van der Waals surface area contributed by atoms with Crippen LogP contribution >= 0.6 is 6.64 Å². The van der Waals surface area contributed by atoms with Crippen LogP contribution in [0.5, 0.6) is 0 Å². The van der Waals surface area contributed by atoms with Gasteiger partial charge in [-0.1, -0.05) is 80.6 Å². The highest BCUT2D eigenvalue weighted by Gasteiger charge is 2.24. The minimum atomic E-state index is -2.87. The van der Waals surface area contributed by atoms with Gasteiger partial charge in [0.1, 0.15) is 0 Å². The van der Waals surface area contributed by atoms with E-state index in [-0.39, 0.29) is 0 Å². The molecule has 3 aromatic carbocycles. The summed E-state index contributed by atoms with van der Waals surface area (Å²) in [5.74, 6) is 0.396. The van der Waals surface area contributed by atoms with Gasteiger partial charge in [-0.2, -0.15) is 0 Å². The maximum Gasteiger partial charge on any atom is 0.288 e. The Morgan fingerprint density at radius 1 is 0.882 bits per heavy atom. The van der Waals surface area contributed by atoms with E-state index in [0.717, 1.165) is 35.6 Å². The zero-order valence-electron chi connectivity index (χ0n) is 19.9. The highest BCUT2D eigenvalue weighted by atomic mass is 32.5. The summed E-state index contributed by atoms with van der Waals surface area (Å²) in [6, 6.07) is 26.7. The molecule has 0 bridgehead atoms. The molecule has 0 aromatic heterocycles. The number of benzene rings is 3. The number of hydrogen-bond acceptors (Lipinski definition) is 5. The second-order valence-electron chi connectivity index (χ2n) is 8.66. The Labute approximate surface area is 208 Å². The second kappa shape index (κ2) is 12.0. The first-order valence-electron chi connectivity index (χ1n) is 11.7. The largest absolute Gasteiger partial charge is 0.378 e. The monoisotopic (exact) mass is 496 g/mol. The Morgan fingerprint density at radius 3 is 1.97 bits per heavy atom. The van der Waals surface area contributed by atoms with E-state index in [9.17, 15) is 0 Å². The van der Waals surface area contributed by atoms with E-state index in [1.165, 1.54) is 5.56 Å². The summed E-state index contributed by atoms with van der Waals surface area (Å²) in [5.41, 5.74) is 5.43. The van der Waals surface area contributed by atoms with Crippen LogP contribution in [0.4, 0.5) is 11.4 Å². The van der Waals surface area contributed by atoms with Gasteiger partial charge < -0.3 is 23.8 Å². The SMILES string of the molecule is CC(C)c1ccc(N2CCOCC2)c(NP(=S)(OCc2ccccc2)OCc2ccccc2)c1. The van der Waals surface area contributed by atoms with Crippen molar-refractivity contribution in [2.75, 3.05) is 36.3 Å². The molecule has 3 aromatic rings. The van der Waals surface area contributed by atoms with Gasteiger partial charge in [0.2, 0.25) is 0 Å². The summed E-state index contributed by atoms with van der Waals surface area (Å²) in [5, 5.41) is 3.56. The summed E-state index contributed by atoms with van der Waals surface area (Å²) < 4.78 is 18.2. The molecule has 7 heteroatoms. The highest BCUT2D eigenvalue weighted by molar-refractivity contribution is 8.10. The lowest BCUT2D eigenvalue weighted by atomic mass is 10.0. The van der Waals surface area contributed by atoms with Crippen LogP contribution in [0.2, 0.25) is 0 Å². The molecule has 0 unspecified atom stereocenters. The van der Waals surface area contributed by atoms with Crippen LogP contribution in [0, 0.1) is 0 Å². The van der Waals surface area contributed by atoms with E-state index < -0.39 is 6.64 Å². The van der Waals surface area contributed by atoms with Crippen molar-refractivity contribution >= 4 is 29.8 Å². The molecule has 1 heterocycles. The van der Waals surface area contributed by atoms with Gasteiger partial charge in [-0.3, -0.25) is 0 Å². The van der Waals surface area contributed by atoms with E-state index in [1.54, 1.807) is 0 Å². The average Bonchev–Trinajstić information content (AvgIpc) is 2.88. The van der Waals surface area contributed by atoms with Gasteiger partial charge in [0, 0.05) is 13.1 Å². The zero-order valence-corrected chi connectivity index (χ0v) is 21.6. The number of nitrogens with zero attached hydrogens (tertiary/aromatic N) is 1. The Morgan fingerprint density at radius 2 is 1.44 bits per heavy atom. The first kappa shape index (κ1) is 24.9. The number of anilines is 2. The fourth-order valence-electron chi connectivity index (χ4n) is 3.80. The highest BCUT2D eigenvalue weighted by Crippen LogP contribution is 2.52. The maximum atomic E-state index is 6.33. The molecular formula is C27H33N2O3PS. The molecule has 1 aliphatic heterocycles. The lowest BCUT2D eigenvalue weighted by Crippen LogP contribution is -2.36. The molecule has 1 fully saturated rings. The van der Waals surface area contributed by atoms with E-state index in [4.69, 9.17) is 25.6 Å². The Kier molecular flexibility index (Phi) is 8.76. The molecule has 180 valence electrons. The predicted molar refractivity (Wildman–Crippen MR) is 144 cm³/mol. The summed E-state index contributed by atoms with van der Waals surface area (Å²) in [7, 11) is 0. The van der Waals surface area contributed by atoms with Gasteiger partial charge in [-0.05, 0) is 46.5 Å². The summed E-state index contributed by atoms with van der Waals surface area (Å²) in [4.78, 5) is 2.34. The van der Waals surface area contributed by atoms with E-state index in [0.29, 0.717) is 32.3 Å². The van der Waals surface area contributed by atoms with Crippen molar-refractivity contribution in [3.8, 4) is 0 Å². The summed E-state index contributed by atoms with van der Waals surface area (Å²) >= 11 is 6.06. The number of hydrogen-bond donors (Lipinski definition) is 1. The van der Waals surface area contributed by atoms with Crippen LogP contribution in [-0.2, 0) is 38.8 Å². The van der Waals surface area contributed by atoms with Gasteiger partial charge in [0.15, 0.2) is 0 Å². The van der Waals surface area contributed by atoms with Crippen LogP contribution in [0.1, 0.15) is 36.5 Å². The van der Waals surface area contributed by atoms with Crippen molar-refractivity contribution in [3.63, 3.8) is 0 Å². The predicted octanol–water partition coefficient (Wildman–Crippen LogP) is 6.72. The van der Waals surface area contributed by atoms with Gasteiger partial charge >= 0.3 is 0 Å². The van der Waals surface area contributed by atoms with Gasteiger partial charge in [-0.25, -0.2) is 0 Å². The Bertz CT molecular complexity index is 1040. The second-order valence-corrected chi connectivity index (χ2v) is 11.8. The molecule has 34 heavy (non-hydrogen) atoms. The van der Waals surface area contributed by atoms with Gasteiger partial charge in [-0.15, -0.1) is 0 Å². The van der Waals surface area contributed by atoms with E-state index in [2.05, 4.69) is 42.0 Å². The fourth-order valence-corrected chi connectivity index (χ4v) is 5.73. The van der Waals surface area contributed by atoms with Crippen molar-refractivity contribution in [2.45, 2.75) is 33.0 Å². The lowest BCUT2D eigenvalue weighted by Gasteiger charge is -2.33. The van der Waals surface area contributed by atoms with Crippen molar-refractivity contribution in [1.29, 1.82) is 0 Å². The fraction of sp³-hybridized carbons (Fsp3) is 0.333. The Balaban J connectivity index is 1.62. The first-order valence-corrected chi connectivity index (χ1v) is 14.4. The number of morpholine rings is 1. The molecule has 0 saturated carbocycles. The quantitative estimate of drug-likeness (QED) is 0.315. The smallest absolute Gasteiger partial charge is 0.288 e. The van der Waals surface area contributed by atoms with Crippen LogP contribution < -0.4 is 9.99 Å². The maximum absolute atomic E-state index is 6.33. The molecule has 0 radical (unpaired) electrons. The van der Waals surface area contributed by atoms with Crippen molar-refractivity contribution in [2.24, 2.45) is 0 Å². The molecule has 1 aliphatic rings. The third-order valence-electron chi connectivity index (χ3n) is 5.78. The van der Waals surface area contributed by atoms with Gasteiger partial charge in [0.05, 0.1) is 37.8 Å². The van der Waals surface area contributed by atoms with Crippen molar-refractivity contribution in [3.05, 3.63) is 95.6 Å². The number of rotatable bonds is 10. The molecule has 0 atom stereocenters. The van der Waals surface area contributed by atoms with Crippen molar-refractivity contribution in [1.82, 2.24) is 0 Å². The van der Waals surface area contributed by atoms with Crippen molar-refractivity contribution < 1.29 is 13.8 Å².